The van der Waals surface area contributed by atoms with Crippen molar-refractivity contribution in [2.45, 2.75) is 180 Å². The van der Waals surface area contributed by atoms with Crippen molar-refractivity contribution in [2.75, 3.05) is 33.0 Å². The van der Waals surface area contributed by atoms with Crippen molar-refractivity contribution in [1.29, 1.82) is 0 Å². The summed E-state index contributed by atoms with van der Waals surface area (Å²) < 4.78 is 33.4. The molecule has 0 bridgehead atoms. The van der Waals surface area contributed by atoms with Gasteiger partial charge in [0.15, 0.2) is 0 Å². The zero-order valence-electron chi connectivity index (χ0n) is 38.8. The average Bonchev–Trinajstić information content (AvgIpc) is 3.26. The molecular formula is C52H87O9P. The van der Waals surface area contributed by atoms with Crippen LogP contribution in [0.2, 0.25) is 0 Å². The molecule has 0 spiro atoms. The van der Waals surface area contributed by atoms with Crippen molar-refractivity contribution < 1.29 is 43.0 Å². The molecule has 0 aliphatic carbocycles. The molecule has 0 saturated heterocycles. The molecule has 0 aliphatic rings. The van der Waals surface area contributed by atoms with Crippen LogP contribution in [-0.2, 0) is 27.9 Å². The van der Waals surface area contributed by atoms with E-state index < -0.39 is 45.8 Å². The summed E-state index contributed by atoms with van der Waals surface area (Å²) in [7, 11) is -4.54. The Morgan fingerprint density at radius 2 is 0.871 bits per heavy atom. The number of allylic oxidation sites excluding steroid dienone is 18. The second-order valence-corrected chi connectivity index (χ2v) is 16.8. The molecule has 3 unspecified atom stereocenters. The van der Waals surface area contributed by atoms with Gasteiger partial charge in [0.25, 0.3) is 0 Å². The molecule has 9 nitrogen and oxygen atoms in total. The summed E-state index contributed by atoms with van der Waals surface area (Å²) >= 11 is 0. The summed E-state index contributed by atoms with van der Waals surface area (Å²) in [5.74, 6) is -0.414. The lowest BCUT2D eigenvalue weighted by molar-refractivity contribution is -0.154. The molecule has 0 rings (SSSR count). The Balaban J connectivity index is 4.19. The van der Waals surface area contributed by atoms with E-state index in [2.05, 4.69) is 123 Å². The Labute approximate surface area is 378 Å². The number of phosphoric acid groups is 1. The van der Waals surface area contributed by atoms with Crippen LogP contribution in [0.3, 0.4) is 0 Å². The van der Waals surface area contributed by atoms with E-state index in [0.29, 0.717) is 13.0 Å². The van der Waals surface area contributed by atoms with Gasteiger partial charge in [0.05, 0.1) is 26.4 Å². The van der Waals surface area contributed by atoms with Crippen LogP contribution in [0.25, 0.3) is 0 Å². The Morgan fingerprint density at radius 3 is 1.31 bits per heavy atom. The van der Waals surface area contributed by atoms with Crippen LogP contribution in [0.15, 0.2) is 109 Å². The maximum Gasteiger partial charge on any atom is 0.472 e. The fourth-order valence-corrected chi connectivity index (χ4v) is 6.69. The van der Waals surface area contributed by atoms with E-state index in [1.807, 2.05) is 0 Å². The monoisotopic (exact) mass is 887 g/mol. The Bertz CT molecular complexity index is 1330. The van der Waals surface area contributed by atoms with Gasteiger partial charge in [-0.3, -0.25) is 13.8 Å². The Hall–Kier alpha value is -2.88. The maximum absolute atomic E-state index is 12.6. The second kappa shape index (κ2) is 47.6. The zero-order valence-corrected chi connectivity index (χ0v) is 39.7. The van der Waals surface area contributed by atoms with Gasteiger partial charge in [-0.25, -0.2) is 4.57 Å². The van der Waals surface area contributed by atoms with Crippen LogP contribution in [0.4, 0.5) is 0 Å². The molecule has 10 heteroatoms. The molecule has 0 aliphatic heterocycles. The van der Waals surface area contributed by atoms with E-state index in [1.54, 1.807) is 0 Å². The van der Waals surface area contributed by atoms with Crippen molar-refractivity contribution in [1.82, 2.24) is 0 Å². The standard InChI is InChI=1S/C52H87O9P/c1-3-5-7-9-11-13-15-17-19-21-22-23-24-25-26-27-29-31-33-35-37-39-41-43-45-58-48-51(49-60-62(56,57)59-47-50(54)46-53)61-52(55)44-42-40-38-36-34-32-30-28-20-18-16-14-12-10-8-6-4-2/h5-8,11-14,17-20,22-23,25-26,30,32,50-51,53-54H,3-4,9-10,15-16,21,24,27-29,31,33-49H2,1-2H3,(H,56,57)/b7-5-,8-6-,13-11-,14-12-,19-17-,20-18-,23-22-,26-25-,32-30-. The molecule has 0 aromatic carbocycles. The minimum atomic E-state index is -4.54. The van der Waals surface area contributed by atoms with Gasteiger partial charge >= 0.3 is 13.8 Å². The normalized spacial score (nSPS) is 14.9. The van der Waals surface area contributed by atoms with Crippen LogP contribution >= 0.6 is 7.82 Å². The number of esters is 1. The number of aliphatic hydroxyl groups excluding tert-OH is 2. The highest BCUT2D eigenvalue weighted by Crippen LogP contribution is 2.43. The summed E-state index contributed by atoms with van der Waals surface area (Å²) in [4.78, 5) is 22.6. The summed E-state index contributed by atoms with van der Waals surface area (Å²) in [5, 5.41) is 18.4. The van der Waals surface area contributed by atoms with Gasteiger partial charge in [0.2, 0.25) is 0 Å². The summed E-state index contributed by atoms with van der Waals surface area (Å²) in [6.45, 7) is 3.21. The van der Waals surface area contributed by atoms with Gasteiger partial charge in [-0.2, -0.15) is 0 Å². The highest BCUT2D eigenvalue weighted by molar-refractivity contribution is 7.47. The van der Waals surface area contributed by atoms with Gasteiger partial charge in [0.1, 0.15) is 12.2 Å². The molecule has 3 N–H and O–H groups in total. The van der Waals surface area contributed by atoms with Crippen LogP contribution in [0.1, 0.15) is 168 Å². The first kappa shape index (κ1) is 59.1. The minimum absolute atomic E-state index is 0.0256. The Kier molecular flexibility index (Phi) is 45.4. The van der Waals surface area contributed by atoms with Crippen LogP contribution in [-0.4, -0.2) is 66.3 Å². The number of hydrogen-bond donors (Lipinski definition) is 3. The number of phosphoric ester groups is 1. The van der Waals surface area contributed by atoms with E-state index in [4.69, 9.17) is 23.6 Å². The topological polar surface area (TPSA) is 132 Å². The predicted molar refractivity (Wildman–Crippen MR) is 260 cm³/mol. The van der Waals surface area contributed by atoms with Crippen LogP contribution in [0, 0.1) is 0 Å². The van der Waals surface area contributed by atoms with E-state index >= 15 is 0 Å². The molecule has 62 heavy (non-hydrogen) atoms. The number of aliphatic hydroxyl groups is 2. The first-order valence-electron chi connectivity index (χ1n) is 23.9. The highest BCUT2D eigenvalue weighted by Gasteiger charge is 2.26. The Morgan fingerprint density at radius 1 is 0.500 bits per heavy atom. The first-order valence-corrected chi connectivity index (χ1v) is 25.4. The third-order valence-electron chi connectivity index (χ3n) is 9.45. The zero-order chi connectivity index (χ0) is 45.3. The largest absolute Gasteiger partial charge is 0.472 e. The van der Waals surface area contributed by atoms with Gasteiger partial charge in [-0.1, -0.05) is 175 Å². The minimum Gasteiger partial charge on any atom is -0.457 e. The number of ether oxygens (including phenoxy) is 2. The van der Waals surface area contributed by atoms with E-state index in [9.17, 15) is 19.4 Å². The van der Waals surface area contributed by atoms with Crippen molar-refractivity contribution >= 4 is 13.8 Å². The summed E-state index contributed by atoms with van der Waals surface area (Å²) in [6.07, 6.45) is 61.9. The molecular weight excluding hydrogens is 800 g/mol. The fraction of sp³-hybridized carbons (Fsp3) is 0.635. The van der Waals surface area contributed by atoms with E-state index in [1.165, 1.54) is 32.1 Å². The fourth-order valence-electron chi connectivity index (χ4n) is 5.90. The smallest absolute Gasteiger partial charge is 0.457 e. The van der Waals surface area contributed by atoms with Crippen molar-refractivity contribution in [2.24, 2.45) is 0 Å². The molecule has 0 saturated carbocycles. The number of unbranched alkanes of at least 4 members (excludes halogenated alkanes) is 12. The van der Waals surface area contributed by atoms with Gasteiger partial charge in [0, 0.05) is 13.0 Å². The van der Waals surface area contributed by atoms with Crippen LogP contribution in [0.5, 0.6) is 0 Å². The number of carbonyl (C=O) groups is 1. The highest BCUT2D eigenvalue weighted by atomic mass is 31.2. The predicted octanol–water partition coefficient (Wildman–Crippen LogP) is 13.8. The quantitative estimate of drug-likeness (QED) is 0.0237. The molecule has 0 radical (unpaired) electrons. The SMILES string of the molecule is CC/C=C\C/C=C\C/C=C\C/C=C\C/C=C\CCCCCCCCCCOCC(COP(=O)(O)OCC(O)CO)OC(=O)CCCCCC/C=C\C/C=C\C/C=C\C/C=C\CC. The summed E-state index contributed by atoms with van der Waals surface area (Å²) in [6, 6.07) is 0. The third kappa shape index (κ3) is 46.6. The van der Waals surface area contributed by atoms with Crippen molar-refractivity contribution in [3.05, 3.63) is 109 Å². The van der Waals surface area contributed by atoms with Crippen LogP contribution < -0.4 is 0 Å². The number of rotatable bonds is 44. The molecule has 0 amide bonds. The van der Waals surface area contributed by atoms with Gasteiger partial charge < -0.3 is 24.6 Å². The average molecular weight is 887 g/mol. The van der Waals surface area contributed by atoms with Crippen molar-refractivity contribution in [3.8, 4) is 0 Å². The second-order valence-electron chi connectivity index (χ2n) is 15.4. The molecule has 354 valence electrons. The lowest BCUT2D eigenvalue weighted by Gasteiger charge is -2.20. The maximum atomic E-state index is 12.6. The summed E-state index contributed by atoms with van der Waals surface area (Å²) in [5.41, 5.74) is 0. The van der Waals surface area contributed by atoms with E-state index in [-0.39, 0.29) is 13.0 Å². The number of carbonyl (C=O) groups excluding carboxylic acids is 1. The molecule has 3 atom stereocenters. The van der Waals surface area contributed by atoms with Gasteiger partial charge in [-0.15, -0.1) is 0 Å². The van der Waals surface area contributed by atoms with Gasteiger partial charge in [-0.05, 0) is 96.3 Å². The molecule has 0 aromatic heterocycles. The van der Waals surface area contributed by atoms with Crippen molar-refractivity contribution in [3.63, 3.8) is 0 Å². The molecule has 0 fully saturated rings. The lowest BCUT2D eigenvalue weighted by atomic mass is 10.1. The van der Waals surface area contributed by atoms with E-state index in [0.717, 1.165) is 109 Å². The molecule has 0 heterocycles. The molecule has 0 aromatic rings. The lowest BCUT2D eigenvalue weighted by Crippen LogP contribution is -2.29. The first-order chi connectivity index (χ1) is 30.3. The third-order valence-corrected chi connectivity index (χ3v) is 10.4. The number of hydrogen-bond acceptors (Lipinski definition) is 8.